The highest BCUT2D eigenvalue weighted by Crippen LogP contribution is 2.23. The highest BCUT2D eigenvalue weighted by atomic mass is 32.1. The number of nitrogens with zero attached hydrogens (tertiary/aromatic N) is 4. The van der Waals surface area contributed by atoms with Gasteiger partial charge in [-0.05, 0) is 30.5 Å². The summed E-state index contributed by atoms with van der Waals surface area (Å²) >= 11 is 1.63. The molecule has 6 nitrogen and oxygen atoms in total. The lowest BCUT2D eigenvalue weighted by Crippen LogP contribution is -2.52. The molecule has 0 atom stereocenters. The molecule has 1 aliphatic heterocycles. The first-order valence-corrected chi connectivity index (χ1v) is 10.5. The summed E-state index contributed by atoms with van der Waals surface area (Å²) in [5.74, 6) is 1.61. The van der Waals surface area contributed by atoms with Gasteiger partial charge in [0.2, 0.25) is 5.89 Å². The normalized spacial score (nSPS) is 15.1. The van der Waals surface area contributed by atoms with Crippen molar-refractivity contribution in [3.63, 3.8) is 0 Å². The predicted octanol–water partition coefficient (Wildman–Crippen LogP) is 3.69. The number of para-hydroxylation sites is 1. The summed E-state index contributed by atoms with van der Waals surface area (Å²) in [5, 5.41) is 5.44. The van der Waals surface area contributed by atoms with Gasteiger partial charge < -0.3 is 19.5 Å². The smallest absolute Gasteiger partial charge is 0.236 e. The summed E-state index contributed by atoms with van der Waals surface area (Å²) in [4.78, 5) is 15.1. The summed E-state index contributed by atoms with van der Waals surface area (Å²) in [5.41, 5.74) is 2.13. The summed E-state index contributed by atoms with van der Waals surface area (Å²) < 4.78 is 5.60. The first-order chi connectivity index (χ1) is 13.8. The molecule has 0 unspecified atom stereocenters. The largest absolute Gasteiger partial charge is 0.443 e. The first kappa shape index (κ1) is 18.6. The number of oxazole rings is 1. The van der Waals surface area contributed by atoms with Crippen LogP contribution in [0.5, 0.6) is 0 Å². The van der Waals surface area contributed by atoms with Gasteiger partial charge in [-0.1, -0.05) is 24.3 Å². The maximum Gasteiger partial charge on any atom is 0.236 e. The van der Waals surface area contributed by atoms with E-state index >= 15 is 0 Å². The second kappa shape index (κ2) is 8.93. The molecule has 0 radical (unpaired) electrons. The molecule has 2 aromatic heterocycles. The summed E-state index contributed by atoms with van der Waals surface area (Å²) in [7, 11) is 0. The Hall–Kier alpha value is -2.80. The summed E-state index contributed by atoms with van der Waals surface area (Å²) in [6.07, 6.45) is 1.70. The second-order valence-corrected chi connectivity index (χ2v) is 7.55. The first-order valence-electron chi connectivity index (χ1n) is 9.65. The topological polar surface area (TPSA) is 56.9 Å². The fourth-order valence-corrected chi connectivity index (χ4v) is 3.95. The average molecular weight is 396 g/mol. The van der Waals surface area contributed by atoms with Gasteiger partial charge in [0, 0.05) is 38.4 Å². The Labute approximate surface area is 169 Å². The van der Waals surface area contributed by atoms with E-state index < -0.39 is 0 Å². The van der Waals surface area contributed by atoms with E-state index in [9.17, 15) is 0 Å². The third-order valence-corrected chi connectivity index (χ3v) is 5.57. The molecular weight excluding hydrogens is 370 g/mol. The van der Waals surface area contributed by atoms with E-state index in [0.29, 0.717) is 12.4 Å². The van der Waals surface area contributed by atoms with Crippen molar-refractivity contribution in [3.8, 4) is 10.8 Å². The minimum atomic E-state index is 0.510. The van der Waals surface area contributed by atoms with E-state index in [1.807, 2.05) is 17.5 Å². The van der Waals surface area contributed by atoms with E-state index in [1.54, 1.807) is 17.6 Å². The predicted molar refractivity (Wildman–Crippen MR) is 115 cm³/mol. The van der Waals surface area contributed by atoms with E-state index in [4.69, 9.17) is 9.41 Å². The van der Waals surface area contributed by atoms with Crippen LogP contribution in [0.4, 0.5) is 5.69 Å². The summed E-state index contributed by atoms with van der Waals surface area (Å²) in [6.45, 7) is 7.32. The number of nitrogens with one attached hydrogen (secondary N) is 1. The van der Waals surface area contributed by atoms with E-state index in [2.05, 4.69) is 57.4 Å². The molecule has 1 N–H and O–H groups in total. The van der Waals surface area contributed by atoms with E-state index in [0.717, 1.165) is 49.3 Å². The molecule has 3 aromatic rings. The molecular formula is C21H25N5OS. The van der Waals surface area contributed by atoms with Gasteiger partial charge in [0.1, 0.15) is 12.0 Å². The van der Waals surface area contributed by atoms with Crippen molar-refractivity contribution in [2.24, 2.45) is 4.99 Å². The van der Waals surface area contributed by atoms with Gasteiger partial charge in [0.05, 0.1) is 11.4 Å². The highest BCUT2D eigenvalue weighted by Gasteiger charge is 2.20. The number of rotatable bonds is 5. The van der Waals surface area contributed by atoms with Crippen LogP contribution >= 0.6 is 11.3 Å². The van der Waals surface area contributed by atoms with Crippen molar-refractivity contribution >= 4 is 23.0 Å². The standard InChI is InChI=1S/C21H25N5OS/c1-2-22-21(23-15-17-16-27-20(24-17)19-9-6-14-28-19)26-12-10-25(11-13-26)18-7-4-3-5-8-18/h3-9,14,16H,2,10-13,15H2,1H3,(H,22,23). The molecule has 1 aliphatic rings. The maximum atomic E-state index is 5.60. The fourth-order valence-electron chi connectivity index (χ4n) is 3.29. The Morgan fingerprint density at radius 2 is 1.96 bits per heavy atom. The van der Waals surface area contributed by atoms with Crippen molar-refractivity contribution in [1.82, 2.24) is 15.2 Å². The zero-order valence-corrected chi connectivity index (χ0v) is 16.9. The van der Waals surface area contributed by atoms with Gasteiger partial charge in [0.25, 0.3) is 0 Å². The van der Waals surface area contributed by atoms with Crippen LogP contribution < -0.4 is 10.2 Å². The molecule has 0 aliphatic carbocycles. The van der Waals surface area contributed by atoms with Crippen molar-refractivity contribution in [1.29, 1.82) is 0 Å². The maximum absolute atomic E-state index is 5.60. The van der Waals surface area contributed by atoms with E-state index in [1.165, 1.54) is 5.69 Å². The Bertz CT molecular complexity index is 883. The number of aromatic nitrogens is 1. The molecule has 146 valence electrons. The minimum Gasteiger partial charge on any atom is -0.443 e. The number of anilines is 1. The summed E-state index contributed by atoms with van der Waals surface area (Å²) in [6, 6.07) is 14.6. The van der Waals surface area contributed by atoms with Gasteiger partial charge in [0.15, 0.2) is 5.96 Å². The van der Waals surface area contributed by atoms with E-state index in [-0.39, 0.29) is 0 Å². The molecule has 0 saturated carbocycles. The molecule has 0 bridgehead atoms. The van der Waals surface area contributed by atoms with Crippen LogP contribution in [0.2, 0.25) is 0 Å². The lowest BCUT2D eigenvalue weighted by Gasteiger charge is -2.37. The van der Waals surface area contributed by atoms with Crippen LogP contribution in [0, 0.1) is 0 Å². The van der Waals surface area contributed by atoms with Gasteiger partial charge >= 0.3 is 0 Å². The van der Waals surface area contributed by atoms with Crippen LogP contribution in [0.1, 0.15) is 12.6 Å². The lowest BCUT2D eigenvalue weighted by molar-refractivity contribution is 0.372. The molecule has 3 heterocycles. The number of piperazine rings is 1. The molecule has 0 amide bonds. The van der Waals surface area contributed by atoms with Crippen LogP contribution in [0.25, 0.3) is 10.8 Å². The molecule has 28 heavy (non-hydrogen) atoms. The van der Waals surface area contributed by atoms with Gasteiger partial charge in [-0.3, -0.25) is 0 Å². The molecule has 1 saturated heterocycles. The van der Waals surface area contributed by atoms with Gasteiger partial charge in [-0.15, -0.1) is 11.3 Å². The Morgan fingerprint density at radius 3 is 2.68 bits per heavy atom. The van der Waals surface area contributed by atoms with Gasteiger partial charge in [-0.2, -0.15) is 0 Å². The second-order valence-electron chi connectivity index (χ2n) is 6.60. The zero-order chi connectivity index (χ0) is 19.2. The molecule has 7 heteroatoms. The van der Waals surface area contributed by atoms with Crippen molar-refractivity contribution in [2.75, 3.05) is 37.6 Å². The molecule has 0 spiro atoms. The van der Waals surface area contributed by atoms with Crippen LogP contribution in [0.3, 0.4) is 0 Å². The van der Waals surface area contributed by atoms with Crippen LogP contribution in [-0.2, 0) is 6.54 Å². The third kappa shape index (κ3) is 4.36. The minimum absolute atomic E-state index is 0.510. The lowest BCUT2D eigenvalue weighted by atomic mass is 10.2. The van der Waals surface area contributed by atoms with Crippen molar-refractivity contribution in [3.05, 3.63) is 59.8 Å². The van der Waals surface area contributed by atoms with Crippen molar-refractivity contribution in [2.45, 2.75) is 13.5 Å². The van der Waals surface area contributed by atoms with Crippen molar-refractivity contribution < 1.29 is 4.42 Å². The van der Waals surface area contributed by atoms with Gasteiger partial charge in [-0.25, -0.2) is 9.98 Å². The molecule has 1 fully saturated rings. The quantitative estimate of drug-likeness (QED) is 0.527. The zero-order valence-electron chi connectivity index (χ0n) is 16.0. The number of aliphatic imine (C=N–C) groups is 1. The number of guanidine groups is 1. The van der Waals surface area contributed by atoms with Crippen LogP contribution in [-0.4, -0.2) is 48.6 Å². The average Bonchev–Trinajstić information content (AvgIpc) is 3.44. The Balaban J connectivity index is 1.39. The SMILES string of the molecule is CCNC(=NCc1coc(-c2cccs2)n1)N1CCN(c2ccccc2)CC1. The number of benzene rings is 1. The number of thiophene rings is 1. The Morgan fingerprint density at radius 1 is 1.14 bits per heavy atom. The van der Waals surface area contributed by atoms with Crippen LogP contribution in [0.15, 0.2) is 63.5 Å². The fraction of sp³-hybridized carbons (Fsp3) is 0.333. The molecule has 4 rings (SSSR count). The number of hydrogen-bond acceptors (Lipinski definition) is 5. The molecule has 1 aromatic carbocycles. The number of hydrogen-bond donors (Lipinski definition) is 1. The highest BCUT2D eigenvalue weighted by molar-refractivity contribution is 7.13. The third-order valence-electron chi connectivity index (χ3n) is 4.71. The Kier molecular flexibility index (Phi) is 5.92. The monoisotopic (exact) mass is 395 g/mol.